The molecule has 1 unspecified atom stereocenters. The standard InChI is InChI=1S/C43H52F4N10O5S/c1-27(4-9-36(59)51-26-58)57-38(60)31-7-5-29(20-32(31)39(57)61)56-17-12-42(13-18-56)10-15-55(16-11-42)19-14-52-63-30-6-8-35(34(44)21-30)53-40-50-24-33(43(45,46)47)37(54-40)28(22-48)23-49-25-41(2,3)62/h5-8,20-24,26-27,52,62H,4,9-19,25,48H2,1-3H3,(H,50,53,54)(H,51,58,59)/b28-22+,49-23?. The summed E-state index contributed by atoms with van der Waals surface area (Å²) in [5.74, 6) is -2.16. The minimum atomic E-state index is -4.81. The van der Waals surface area contributed by atoms with Crippen molar-refractivity contribution < 1.29 is 41.8 Å². The Labute approximate surface area is 367 Å². The first kappa shape index (κ1) is 47.0. The SMILES string of the molecule is CC(CCC(=O)NC=O)N1C(=O)c2ccc(N3CCC4(CCN(CCNSc5ccc(Nc6ncc(C(F)(F)F)c(/C(C=NCC(C)(C)O)=C/N)n6)c(F)c5)CC4)CC3)cc2C1=O. The predicted molar refractivity (Wildman–Crippen MR) is 232 cm³/mol. The number of allylic oxidation sites excluding steroid dienone is 1. The number of likely N-dealkylation sites (tertiary alicyclic amines) is 1. The van der Waals surface area contributed by atoms with Gasteiger partial charge < -0.3 is 26.0 Å². The van der Waals surface area contributed by atoms with Gasteiger partial charge in [0.1, 0.15) is 11.4 Å². The highest BCUT2D eigenvalue weighted by Gasteiger charge is 2.41. The minimum Gasteiger partial charge on any atom is -0.404 e. The summed E-state index contributed by atoms with van der Waals surface area (Å²) in [7, 11) is 0. The van der Waals surface area contributed by atoms with Crippen LogP contribution in [0.4, 0.5) is 34.9 Å². The molecule has 0 saturated carbocycles. The lowest BCUT2D eigenvalue weighted by Gasteiger charge is -2.47. The normalized spacial score (nSPS) is 17.7. The molecule has 0 bridgehead atoms. The van der Waals surface area contributed by atoms with Crippen LogP contribution in [0.5, 0.6) is 0 Å². The highest BCUT2D eigenvalue weighted by molar-refractivity contribution is 7.97. The summed E-state index contributed by atoms with van der Waals surface area (Å²) in [4.78, 5) is 67.0. The van der Waals surface area contributed by atoms with E-state index < -0.39 is 40.8 Å². The van der Waals surface area contributed by atoms with E-state index in [0.29, 0.717) is 35.2 Å². The smallest absolute Gasteiger partial charge is 0.404 e. The number of alkyl halides is 3. The number of imide groups is 2. The molecule has 3 aliphatic rings. The van der Waals surface area contributed by atoms with Crippen molar-refractivity contribution in [3.63, 3.8) is 0 Å². The van der Waals surface area contributed by atoms with Crippen LogP contribution < -0.4 is 26.0 Å². The van der Waals surface area contributed by atoms with Crippen LogP contribution in [0, 0.1) is 11.2 Å². The average molecular weight is 897 g/mol. The van der Waals surface area contributed by atoms with Gasteiger partial charge in [0.15, 0.2) is 0 Å². The van der Waals surface area contributed by atoms with Crippen molar-refractivity contribution in [2.75, 3.05) is 56.0 Å². The number of piperidine rings is 2. The van der Waals surface area contributed by atoms with E-state index in [1.807, 2.05) is 6.07 Å². The number of benzene rings is 2. The molecule has 0 radical (unpaired) electrons. The first-order valence-corrected chi connectivity index (χ1v) is 21.5. The van der Waals surface area contributed by atoms with Gasteiger partial charge in [0, 0.05) is 73.4 Å². The number of nitrogens with two attached hydrogens (primary N) is 1. The maximum absolute atomic E-state index is 15.2. The number of aromatic nitrogens is 2. The molecule has 4 heterocycles. The molecule has 1 atom stereocenters. The fourth-order valence-corrected chi connectivity index (χ4v) is 8.64. The fourth-order valence-electron chi connectivity index (χ4n) is 7.98. The molecule has 3 aliphatic heterocycles. The van der Waals surface area contributed by atoms with E-state index in [-0.39, 0.29) is 53.8 Å². The van der Waals surface area contributed by atoms with Crippen LogP contribution in [0.1, 0.15) is 91.3 Å². The van der Waals surface area contributed by atoms with Crippen LogP contribution >= 0.6 is 11.9 Å². The molecule has 20 heteroatoms. The quantitative estimate of drug-likeness (QED) is 0.0283. The van der Waals surface area contributed by atoms with Gasteiger partial charge >= 0.3 is 6.18 Å². The Morgan fingerprint density at radius 1 is 1.05 bits per heavy atom. The number of rotatable bonds is 17. The van der Waals surface area contributed by atoms with Crippen LogP contribution in [0.2, 0.25) is 0 Å². The lowest BCUT2D eigenvalue weighted by Crippen LogP contribution is -2.47. The van der Waals surface area contributed by atoms with Gasteiger partial charge in [-0.1, -0.05) is 0 Å². The molecule has 1 aromatic heterocycles. The summed E-state index contributed by atoms with van der Waals surface area (Å²) in [6.07, 6.45) is 2.50. The van der Waals surface area contributed by atoms with Crippen molar-refractivity contribution in [1.82, 2.24) is 29.8 Å². The number of hydrogen-bond donors (Lipinski definition) is 5. The number of halogens is 4. The summed E-state index contributed by atoms with van der Waals surface area (Å²) >= 11 is 1.27. The molecular formula is C43H52F4N10O5S. The lowest BCUT2D eigenvalue weighted by atomic mass is 9.71. The van der Waals surface area contributed by atoms with Gasteiger partial charge in [-0.25, -0.2) is 14.4 Å². The largest absolute Gasteiger partial charge is 0.419 e. The van der Waals surface area contributed by atoms with Crippen LogP contribution in [-0.2, 0) is 15.8 Å². The molecule has 4 amide bonds. The highest BCUT2D eigenvalue weighted by atomic mass is 32.2. The molecule has 2 fully saturated rings. The van der Waals surface area contributed by atoms with Gasteiger partial charge in [0.25, 0.3) is 11.8 Å². The minimum absolute atomic E-state index is 0.0150. The third-order valence-corrected chi connectivity index (χ3v) is 12.5. The van der Waals surface area contributed by atoms with E-state index in [1.165, 1.54) is 42.8 Å². The topological polar surface area (TPSA) is 198 Å². The Kier molecular flexibility index (Phi) is 14.9. The molecule has 15 nitrogen and oxygen atoms in total. The number of carbonyl (C=O) groups is 4. The molecule has 3 aromatic rings. The van der Waals surface area contributed by atoms with Crippen molar-refractivity contribution in [3.05, 3.63) is 77.0 Å². The van der Waals surface area contributed by atoms with E-state index >= 15 is 4.39 Å². The van der Waals surface area contributed by atoms with E-state index in [9.17, 15) is 37.5 Å². The summed E-state index contributed by atoms with van der Waals surface area (Å²) in [5, 5.41) is 14.6. The maximum atomic E-state index is 15.2. The molecule has 2 aromatic carbocycles. The average Bonchev–Trinajstić information content (AvgIpc) is 3.49. The van der Waals surface area contributed by atoms with Crippen molar-refractivity contribution >= 4 is 65.2 Å². The Morgan fingerprint density at radius 2 is 1.75 bits per heavy atom. The van der Waals surface area contributed by atoms with Crippen molar-refractivity contribution in [2.45, 2.75) is 82.0 Å². The Bertz CT molecular complexity index is 2230. The number of aliphatic hydroxyl groups is 1. The second-order valence-electron chi connectivity index (χ2n) is 16.7. The molecule has 1 spiro atoms. The van der Waals surface area contributed by atoms with Crippen molar-refractivity contribution in [3.8, 4) is 0 Å². The van der Waals surface area contributed by atoms with Gasteiger partial charge in [-0.05, 0) is 120 Å². The fraction of sp³-hybridized carbons (Fsp3) is 0.465. The molecule has 63 heavy (non-hydrogen) atoms. The van der Waals surface area contributed by atoms with Crippen LogP contribution in [-0.4, -0.2) is 113 Å². The molecule has 6 N–H and O–H groups in total. The summed E-state index contributed by atoms with van der Waals surface area (Å²) in [5.41, 5.74) is 4.38. The van der Waals surface area contributed by atoms with Gasteiger partial charge in [0.2, 0.25) is 18.3 Å². The third-order valence-electron chi connectivity index (χ3n) is 11.6. The monoisotopic (exact) mass is 896 g/mol. The lowest BCUT2D eigenvalue weighted by molar-refractivity contribution is -0.138. The summed E-state index contributed by atoms with van der Waals surface area (Å²) in [6, 6.07) is 9.32. The first-order chi connectivity index (χ1) is 29.9. The van der Waals surface area contributed by atoms with Gasteiger partial charge in [0.05, 0.1) is 34.7 Å². The van der Waals surface area contributed by atoms with Crippen molar-refractivity contribution in [2.24, 2.45) is 16.1 Å². The number of carbonyl (C=O) groups excluding carboxylic acids is 4. The number of hydrogen-bond acceptors (Lipinski definition) is 14. The van der Waals surface area contributed by atoms with Crippen LogP contribution in [0.15, 0.2) is 58.7 Å². The molecule has 2 saturated heterocycles. The number of anilines is 3. The van der Waals surface area contributed by atoms with Crippen molar-refractivity contribution in [1.29, 1.82) is 0 Å². The highest BCUT2D eigenvalue weighted by Crippen LogP contribution is 2.43. The Morgan fingerprint density at radius 3 is 2.40 bits per heavy atom. The third kappa shape index (κ3) is 11.8. The molecule has 0 aliphatic carbocycles. The Hall–Kier alpha value is -5.44. The number of amides is 4. The van der Waals surface area contributed by atoms with E-state index in [0.717, 1.165) is 76.5 Å². The number of nitrogens with zero attached hydrogens (tertiary/aromatic N) is 6. The van der Waals surface area contributed by atoms with E-state index in [1.54, 1.807) is 25.1 Å². The maximum Gasteiger partial charge on any atom is 0.419 e. The van der Waals surface area contributed by atoms with Gasteiger partial charge in [-0.3, -0.25) is 39.1 Å². The molecular weight excluding hydrogens is 845 g/mol. The number of fused-ring (bicyclic) bond motifs is 1. The zero-order chi connectivity index (χ0) is 45.5. The van der Waals surface area contributed by atoms with Crippen LogP contribution in [0.3, 0.4) is 0 Å². The van der Waals surface area contributed by atoms with Gasteiger partial charge in [-0.15, -0.1) is 0 Å². The summed E-state index contributed by atoms with van der Waals surface area (Å²) in [6.45, 7) is 9.64. The van der Waals surface area contributed by atoms with E-state index in [4.69, 9.17) is 5.73 Å². The molecule has 338 valence electrons. The second kappa shape index (κ2) is 19.9. The Balaban J connectivity index is 0.945. The van der Waals surface area contributed by atoms with Crippen LogP contribution in [0.25, 0.3) is 5.57 Å². The van der Waals surface area contributed by atoms with Gasteiger partial charge in [-0.2, -0.15) is 13.2 Å². The zero-order valence-electron chi connectivity index (χ0n) is 35.3. The predicted octanol–water partition coefficient (Wildman–Crippen LogP) is 5.54. The first-order valence-electron chi connectivity index (χ1n) is 20.7. The summed E-state index contributed by atoms with van der Waals surface area (Å²) < 4.78 is 60.1. The molecule has 6 rings (SSSR count). The zero-order valence-corrected chi connectivity index (χ0v) is 36.1. The number of aliphatic imine (C=N–C) groups is 1. The second-order valence-corrected chi connectivity index (χ2v) is 17.7. The number of nitrogens with one attached hydrogen (secondary N) is 3. The van der Waals surface area contributed by atoms with E-state index in [2.05, 4.69) is 40.1 Å².